The highest BCUT2D eigenvalue weighted by atomic mass is 35.5. The molecule has 0 N–H and O–H groups in total. The molecule has 1 spiro atoms. The summed E-state index contributed by atoms with van der Waals surface area (Å²) in [6, 6.07) is 15.1. The third-order valence-electron chi connectivity index (χ3n) is 4.03. The van der Waals surface area contributed by atoms with Gasteiger partial charge in [-0.25, -0.2) is 0 Å². The molecule has 1 heterocycles. The minimum Gasteiger partial charge on any atom is -0.356 e. The summed E-state index contributed by atoms with van der Waals surface area (Å²) in [6.07, 6.45) is 11.7. The van der Waals surface area contributed by atoms with Gasteiger partial charge in [-0.1, -0.05) is 52.7 Å². The maximum atomic E-state index is 6.06. The Balaban J connectivity index is 1.84. The molecular formula is C20H14Cl2N2O. The molecule has 0 atom stereocenters. The predicted octanol–water partition coefficient (Wildman–Crippen LogP) is 5.57. The van der Waals surface area contributed by atoms with Gasteiger partial charge in [0.1, 0.15) is 0 Å². The van der Waals surface area contributed by atoms with E-state index in [1.165, 1.54) is 0 Å². The summed E-state index contributed by atoms with van der Waals surface area (Å²) in [4.78, 5) is 7.92. The molecule has 5 heteroatoms. The first-order valence-corrected chi connectivity index (χ1v) is 8.55. The summed E-state index contributed by atoms with van der Waals surface area (Å²) in [5.74, 6) is 0.704. The summed E-state index contributed by atoms with van der Waals surface area (Å²) < 4.78 is 0. The fourth-order valence-corrected chi connectivity index (χ4v) is 3.09. The number of halogens is 2. The van der Waals surface area contributed by atoms with E-state index in [1.54, 1.807) is 0 Å². The van der Waals surface area contributed by atoms with Crippen molar-refractivity contribution in [3.05, 3.63) is 101 Å². The van der Waals surface area contributed by atoms with E-state index in [4.69, 9.17) is 28.0 Å². The molecular weight excluding hydrogens is 355 g/mol. The lowest BCUT2D eigenvalue weighted by Crippen LogP contribution is -2.46. The lowest BCUT2D eigenvalue weighted by molar-refractivity contribution is 0.0608. The van der Waals surface area contributed by atoms with Crippen LogP contribution in [-0.2, 0) is 4.84 Å². The second kappa shape index (κ2) is 6.43. The van der Waals surface area contributed by atoms with E-state index in [0.717, 1.165) is 11.3 Å². The first-order chi connectivity index (χ1) is 12.2. The third kappa shape index (κ3) is 2.97. The molecule has 3 nitrogen and oxygen atoms in total. The standard InChI is InChI=1S/C20H14Cl2N2O/c21-16-7-5-15(6-8-16)19-23-25-20(13-3-1-2-4-14-20)24(19)18-11-9-17(22)10-12-18/h1-14H. The van der Waals surface area contributed by atoms with Gasteiger partial charge >= 0.3 is 0 Å². The van der Waals surface area contributed by atoms with Crippen LogP contribution in [0.2, 0.25) is 10.0 Å². The van der Waals surface area contributed by atoms with Crippen molar-refractivity contribution in [1.29, 1.82) is 0 Å². The summed E-state index contributed by atoms with van der Waals surface area (Å²) in [5, 5.41) is 5.72. The lowest BCUT2D eigenvalue weighted by Gasteiger charge is -2.32. The Labute approximate surface area is 156 Å². The third-order valence-corrected chi connectivity index (χ3v) is 4.53. The lowest BCUT2D eigenvalue weighted by atomic mass is 10.1. The number of hydrogen-bond donors (Lipinski definition) is 0. The van der Waals surface area contributed by atoms with Crippen LogP contribution in [-0.4, -0.2) is 11.6 Å². The number of rotatable bonds is 2. The van der Waals surface area contributed by atoms with Crippen LogP contribution in [0.25, 0.3) is 0 Å². The van der Waals surface area contributed by atoms with E-state index < -0.39 is 5.72 Å². The van der Waals surface area contributed by atoms with Gasteiger partial charge in [0, 0.05) is 21.3 Å². The molecule has 0 unspecified atom stereocenters. The Morgan fingerprint density at radius 2 is 1.32 bits per heavy atom. The van der Waals surface area contributed by atoms with Crippen molar-refractivity contribution in [2.45, 2.75) is 5.72 Å². The number of oxime groups is 1. The zero-order chi connectivity index (χ0) is 17.3. The van der Waals surface area contributed by atoms with Gasteiger partial charge in [0.05, 0.1) is 0 Å². The van der Waals surface area contributed by atoms with E-state index in [9.17, 15) is 0 Å². The maximum absolute atomic E-state index is 6.06. The van der Waals surface area contributed by atoms with Crippen LogP contribution >= 0.6 is 23.2 Å². The molecule has 0 aromatic heterocycles. The van der Waals surface area contributed by atoms with Crippen LogP contribution in [0.3, 0.4) is 0 Å². The molecule has 0 fully saturated rings. The van der Waals surface area contributed by atoms with Gasteiger partial charge in [-0.15, -0.1) is 0 Å². The highest BCUT2D eigenvalue weighted by Gasteiger charge is 2.43. The number of benzene rings is 2. The minimum atomic E-state index is -0.827. The van der Waals surface area contributed by atoms with Crippen LogP contribution in [0, 0.1) is 0 Å². The first kappa shape index (κ1) is 16.0. The Morgan fingerprint density at radius 1 is 0.760 bits per heavy atom. The van der Waals surface area contributed by atoms with Crippen LogP contribution in [0.1, 0.15) is 5.56 Å². The molecule has 2 aromatic carbocycles. The number of allylic oxidation sites excluding steroid dienone is 4. The smallest absolute Gasteiger partial charge is 0.254 e. The van der Waals surface area contributed by atoms with Gasteiger partial charge in [0.15, 0.2) is 5.84 Å². The van der Waals surface area contributed by atoms with E-state index >= 15 is 0 Å². The van der Waals surface area contributed by atoms with Gasteiger partial charge in [0.25, 0.3) is 5.72 Å². The van der Waals surface area contributed by atoms with Crippen LogP contribution in [0.5, 0.6) is 0 Å². The van der Waals surface area contributed by atoms with Crippen molar-refractivity contribution < 1.29 is 4.84 Å². The monoisotopic (exact) mass is 368 g/mol. The maximum Gasteiger partial charge on any atom is 0.254 e. The van der Waals surface area contributed by atoms with Crippen molar-refractivity contribution >= 4 is 34.7 Å². The van der Waals surface area contributed by atoms with Gasteiger partial charge in [-0.3, -0.25) is 4.90 Å². The topological polar surface area (TPSA) is 24.8 Å². The molecule has 4 rings (SSSR count). The summed E-state index contributed by atoms with van der Waals surface area (Å²) in [6.45, 7) is 0. The fourth-order valence-electron chi connectivity index (χ4n) is 2.84. The molecule has 124 valence electrons. The average Bonchev–Trinajstić information content (AvgIpc) is 2.82. The van der Waals surface area contributed by atoms with Crippen molar-refractivity contribution in [2.75, 3.05) is 4.90 Å². The Kier molecular flexibility index (Phi) is 4.12. The van der Waals surface area contributed by atoms with Crippen LogP contribution < -0.4 is 4.90 Å². The molecule has 0 radical (unpaired) electrons. The Hall–Kier alpha value is -2.49. The molecule has 2 aromatic rings. The number of amidine groups is 1. The molecule has 0 amide bonds. The molecule has 1 aliphatic carbocycles. The Morgan fingerprint density at radius 3 is 1.92 bits per heavy atom. The zero-order valence-electron chi connectivity index (χ0n) is 13.1. The number of anilines is 1. The van der Waals surface area contributed by atoms with E-state index in [0.29, 0.717) is 15.9 Å². The van der Waals surface area contributed by atoms with Crippen LogP contribution in [0.15, 0.2) is 90.1 Å². The van der Waals surface area contributed by atoms with Gasteiger partial charge < -0.3 is 4.84 Å². The van der Waals surface area contributed by atoms with Crippen molar-refractivity contribution in [3.8, 4) is 0 Å². The number of hydrogen-bond acceptors (Lipinski definition) is 3. The number of nitrogens with zero attached hydrogens (tertiary/aromatic N) is 2. The largest absolute Gasteiger partial charge is 0.356 e. The molecule has 0 saturated carbocycles. The van der Waals surface area contributed by atoms with Crippen LogP contribution in [0.4, 0.5) is 5.69 Å². The van der Waals surface area contributed by atoms with Gasteiger partial charge in [-0.05, 0) is 60.7 Å². The summed E-state index contributed by atoms with van der Waals surface area (Å²) in [5.41, 5.74) is 1.01. The highest BCUT2D eigenvalue weighted by Crippen LogP contribution is 2.36. The second-order valence-electron chi connectivity index (χ2n) is 5.68. The van der Waals surface area contributed by atoms with E-state index in [1.807, 2.05) is 89.9 Å². The van der Waals surface area contributed by atoms with Crippen molar-refractivity contribution in [3.63, 3.8) is 0 Å². The van der Waals surface area contributed by atoms with E-state index in [2.05, 4.69) is 5.16 Å². The molecule has 0 bridgehead atoms. The summed E-state index contributed by atoms with van der Waals surface area (Å²) in [7, 11) is 0. The van der Waals surface area contributed by atoms with Gasteiger partial charge in [-0.2, -0.15) is 0 Å². The van der Waals surface area contributed by atoms with Crippen molar-refractivity contribution in [2.24, 2.45) is 5.16 Å². The quantitative estimate of drug-likeness (QED) is 0.691. The molecule has 0 saturated heterocycles. The highest BCUT2D eigenvalue weighted by molar-refractivity contribution is 6.31. The molecule has 2 aliphatic rings. The fraction of sp³-hybridized carbons (Fsp3) is 0.0500. The molecule has 25 heavy (non-hydrogen) atoms. The Bertz CT molecular complexity index is 880. The van der Waals surface area contributed by atoms with E-state index in [-0.39, 0.29) is 0 Å². The first-order valence-electron chi connectivity index (χ1n) is 7.80. The minimum absolute atomic E-state index is 0.675. The van der Waals surface area contributed by atoms with Crippen molar-refractivity contribution in [1.82, 2.24) is 0 Å². The second-order valence-corrected chi connectivity index (χ2v) is 6.55. The normalized spacial score (nSPS) is 17.5. The van der Waals surface area contributed by atoms with Gasteiger partial charge in [0.2, 0.25) is 0 Å². The molecule has 1 aliphatic heterocycles. The zero-order valence-corrected chi connectivity index (χ0v) is 14.7. The predicted molar refractivity (Wildman–Crippen MR) is 103 cm³/mol. The average molecular weight is 369 g/mol. The summed E-state index contributed by atoms with van der Waals surface area (Å²) >= 11 is 12.1. The SMILES string of the molecule is Clc1ccc(C2=NOC3(C=CC=CC=C3)N2c2ccc(Cl)cc2)cc1.